The van der Waals surface area contributed by atoms with E-state index in [0.29, 0.717) is 5.02 Å². The second-order valence-corrected chi connectivity index (χ2v) is 6.71. The molecule has 21 heavy (non-hydrogen) atoms. The van der Waals surface area contributed by atoms with Crippen LogP contribution in [0.3, 0.4) is 0 Å². The van der Waals surface area contributed by atoms with Crippen LogP contribution in [-0.2, 0) is 10.3 Å². The zero-order chi connectivity index (χ0) is 15.7. The Morgan fingerprint density at radius 1 is 1.24 bits per heavy atom. The Bertz CT molecular complexity index is 589. The van der Waals surface area contributed by atoms with Crippen LogP contribution in [0.15, 0.2) is 24.3 Å². The fourth-order valence-electron chi connectivity index (χ4n) is 2.08. The lowest BCUT2D eigenvalue weighted by Crippen LogP contribution is -2.45. The average molecular weight is 344 g/mol. The number of hydrogen-bond donors (Lipinski definition) is 0. The van der Waals surface area contributed by atoms with Crippen LogP contribution >= 0.6 is 11.6 Å². The van der Waals surface area contributed by atoms with Crippen molar-refractivity contribution in [3.63, 3.8) is 0 Å². The molecule has 118 valence electrons. The number of alkyl halides is 3. The number of halogens is 4. The fraction of sp³-hybridized carbons (Fsp3) is 0.500. The predicted octanol–water partition coefficient (Wildman–Crippen LogP) is 3.24. The first-order valence-corrected chi connectivity index (χ1v) is 7.94. The Morgan fingerprint density at radius 3 is 2.43 bits per heavy atom. The van der Waals surface area contributed by atoms with E-state index in [1.807, 2.05) is 0 Å². The summed E-state index contributed by atoms with van der Waals surface area (Å²) >= 11 is 5.66. The molecule has 0 amide bonds. The summed E-state index contributed by atoms with van der Waals surface area (Å²) in [5.41, 5.74) is 0. The first-order valence-electron chi connectivity index (χ1n) is 6.20. The SMILES string of the molecule is O=S(=O)(Oc1ccc(Cl)cc1)N1CCCC(C(F)(F)F)C1. The van der Waals surface area contributed by atoms with Crippen LogP contribution in [0.5, 0.6) is 5.75 Å². The third-order valence-corrected chi connectivity index (χ3v) is 4.80. The van der Waals surface area contributed by atoms with Crippen LogP contribution in [0.25, 0.3) is 0 Å². The van der Waals surface area contributed by atoms with Crippen molar-refractivity contribution < 1.29 is 25.8 Å². The molecule has 1 aromatic carbocycles. The van der Waals surface area contributed by atoms with E-state index in [2.05, 4.69) is 0 Å². The Labute approximate surface area is 125 Å². The molecule has 0 N–H and O–H groups in total. The Hall–Kier alpha value is -0.990. The van der Waals surface area contributed by atoms with Crippen molar-refractivity contribution in [1.82, 2.24) is 4.31 Å². The van der Waals surface area contributed by atoms with Crippen molar-refractivity contribution >= 4 is 21.9 Å². The summed E-state index contributed by atoms with van der Waals surface area (Å²) < 4.78 is 67.7. The Balaban J connectivity index is 2.10. The van der Waals surface area contributed by atoms with Gasteiger partial charge in [0, 0.05) is 18.1 Å². The van der Waals surface area contributed by atoms with Gasteiger partial charge in [0.25, 0.3) is 0 Å². The molecule has 9 heteroatoms. The number of benzene rings is 1. The molecule has 1 atom stereocenters. The maximum atomic E-state index is 12.7. The highest BCUT2D eigenvalue weighted by molar-refractivity contribution is 7.84. The Morgan fingerprint density at radius 2 is 1.86 bits per heavy atom. The van der Waals surface area contributed by atoms with Crippen LogP contribution in [0.2, 0.25) is 5.02 Å². The second-order valence-electron chi connectivity index (χ2n) is 4.73. The molecule has 0 saturated carbocycles. The largest absolute Gasteiger partial charge is 0.393 e. The molecule has 2 rings (SSSR count). The van der Waals surface area contributed by atoms with E-state index in [9.17, 15) is 21.6 Å². The van der Waals surface area contributed by atoms with Crippen molar-refractivity contribution in [3.8, 4) is 5.75 Å². The summed E-state index contributed by atoms with van der Waals surface area (Å²) in [7, 11) is -4.25. The van der Waals surface area contributed by atoms with Gasteiger partial charge in [0.2, 0.25) is 0 Å². The minimum absolute atomic E-state index is 0.00790. The smallest absolute Gasteiger partial charge is 0.371 e. The lowest BCUT2D eigenvalue weighted by Gasteiger charge is -2.32. The van der Waals surface area contributed by atoms with Crippen LogP contribution in [0.1, 0.15) is 12.8 Å². The molecular formula is C12H13ClF3NO3S. The molecule has 1 heterocycles. The third-order valence-electron chi connectivity index (χ3n) is 3.18. The molecule has 1 aromatic rings. The molecule has 0 aromatic heterocycles. The zero-order valence-corrected chi connectivity index (χ0v) is 12.4. The average Bonchev–Trinajstić information content (AvgIpc) is 2.40. The number of hydrogen-bond acceptors (Lipinski definition) is 3. The van der Waals surface area contributed by atoms with Gasteiger partial charge in [0.15, 0.2) is 0 Å². The van der Waals surface area contributed by atoms with E-state index in [-0.39, 0.29) is 25.1 Å². The summed E-state index contributed by atoms with van der Waals surface area (Å²) in [6.07, 6.45) is -4.34. The molecule has 4 nitrogen and oxygen atoms in total. The van der Waals surface area contributed by atoms with Gasteiger partial charge < -0.3 is 4.18 Å². The van der Waals surface area contributed by atoms with E-state index in [1.54, 1.807) is 0 Å². The van der Waals surface area contributed by atoms with E-state index in [0.717, 1.165) is 4.31 Å². The topological polar surface area (TPSA) is 46.6 Å². The minimum Gasteiger partial charge on any atom is -0.371 e. The van der Waals surface area contributed by atoms with Crippen LogP contribution in [0.4, 0.5) is 13.2 Å². The van der Waals surface area contributed by atoms with Gasteiger partial charge >= 0.3 is 16.5 Å². The summed E-state index contributed by atoms with van der Waals surface area (Å²) in [5.74, 6) is -1.65. The van der Waals surface area contributed by atoms with Crippen molar-refractivity contribution in [3.05, 3.63) is 29.3 Å². The maximum absolute atomic E-state index is 12.7. The summed E-state index contributed by atoms with van der Waals surface area (Å²) in [6, 6.07) is 5.54. The fourth-order valence-corrected chi connectivity index (χ4v) is 3.38. The van der Waals surface area contributed by atoms with Gasteiger partial charge in [-0.25, -0.2) is 0 Å². The van der Waals surface area contributed by atoms with E-state index < -0.39 is 28.9 Å². The van der Waals surface area contributed by atoms with Gasteiger partial charge in [-0.15, -0.1) is 0 Å². The quantitative estimate of drug-likeness (QED) is 0.846. The van der Waals surface area contributed by atoms with E-state index >= 15 is 0 Å². The number of rotatable bonds is 3. The normalized spacial score (nSPS) is 21.2. The van der Waals surface area contributed by atoms with Crippen molar-refractivity contribution in [2.75, 3.05) is 13.1 Å². The van der Waals surface area contributed by atoms with Gasteiger partial charge in [0.1, 0.15) is 5.75 Å². The van der Waals surface area contributed by atoms with Crippen molar-refractivity contribution in [1.29, 1.82) is 0 Å². The summed E-state index contributed by atoms with van der Waals surface area (Å²) in [4.78, 5) is 0. The zero-order valence-electron chi connectivity index (χ0n) is 10.8. The highest BCUT2D eigenvalue weighted by Gasteiger charge is 2.44. The molecule has 0 spiro atoms. The lowest BCUT2D eigenvalue weighted by molar-refractivity contribution is -0.182. The van der Waals surface area contributed by atoms with Crippen LogP contribution in [-0.4, -0.2) is 32.0 Å². The molecule has 1 unspecified atom stereocenters. The molecule has 0 aliphatic carbocycles. The molecule has 0 bridgehead atoms. The van der Waals surface area contributed by atoms with E-state index in [1.165, 1.54) is 24.3 Å². The Kier molecular flexibility index (Phi) is 4.69. The highest BCUT2D eigenvalue weighted by atomic mass is 35.5. The standard InChI is InChI=1S/C12H13ClF3NO3S/c13-10-3-5-11(6-4-10)20-21(18,19)17-7-1-2-9(8-17)12(14,15)16/h3-6,9H,1-2,7-8H2. The molecule has 1 aliphatic rings. The van der Waals surface area contributed by atoms with Crippen molar-refractivity contribution in [2.45, 2.75) is 19.0 Å². The van der Waals surface area contributed by atoms with Gasteiger partial charge in [-0.3, -0.25) is 0 Å². The summed E-state index contributed by atoms with van der Waals surface area (Å²) in [5, 5.41) is 0.398. The monoisotopic (exact) mass is 343 g/mol. The molecular weight excluding hydrogens is 331 g/mol. The molecule has 0 radical (unpaired) electrons. The van der Waals surface area contributed by atoms with Gasteiger partial charge in [-0.2, -0.15) is 25.9 Å². The van der Waals surface area contributed by atoms with Crippen molar-refractivity contribution in [2.24, 2.45) is 5.92 Å². The van der Waals surface area contributed by atoms with E-state index in [4.69, 9.17) is 15.8 Å². The number of piperidine rings is 1. The number of nitrogens with zero attached hydrogens (tertiary/aromatic N) is 1. The maximum Gasteiger partial charge on any atom is 0.393 e. The lowest BCUT2D eigenvalue weighted by atomic mass is 9.99. The molecule has 1 saturated heterocycles. The van der Waals surface area contributed by atoms with Gasteiger partial charge in [-0.1, -0.05) is 11.6 Å². The molecule has 1 fully saturated rings. The van der Waals surface area contributed by atoms with Crippen LogP contribution < -0.4 is 4.18 Å². The predicted molar refractivity (Wildman–Crippen MR) is 71.4 cm³/mol. The summed E-state index contributed by atoms with van der Waals surface area (Å²) in [6.45, 7) is -0.595. The van der Waals surface area contributed by atoms with Gasteiger partial charge in [0.05, 0.1) is 5.92 Å². The second kappa shape index (κ2) is 6.02. The van der Waals surface area contributed by atoms with Crippen LogP contribution in [0, 0.1) is 5.92 Å². The third kappa shape index (κ3) is 4.24. The first-order chi connectivity index (χ1) is 9.68. The molecule has 1 aliphatic heterocycles. The first kappa shape index (κ1) is 16.4. The minimum atomic E-state index is -4.41. The highest BCUT2D eigenvalue weighted by Crippen LogP contribution is 2.34. The van der Waals surface area contributed by atoms with Gasteiger partial charge in [-0.05, 0) is 37.1 Å².